The average Bonchev–Trinajstić information content (AvgIpc) is 2.92. The van der Waals surface area contributed by atoms with Crippen LogP contribution in [0.2, 0.25) is 0 Å². The lowest BCUT2D eigenvalue weighted by atomic mass is 10.1. The largest absolute Gasteiger partial charge is 0.315 e. The van der Waals surface area contributed by atoms with E-state index in [-0.39, 0.29) is 5.91 Å². The van der Waals surface area contributed by atoms with E-state index in [1.807, 2.05) is 32.3 Å². The van der Waals surface area contributed by atoms with Crippen molar-refractivity contribution in [1.29, 1.82) is 0 Å². The van der Waals surface area contributed by atoms with E-state index in [2.05, 4.69) is 31.4 Å². The van der Waals surface area contributed by atoms with Gasteiger partial charge in [-0.25, -0.2) is 0 Å². The summed E-state index contributed by atoms with van der Waals surface area (Å²) >= 11 is 3.58. The number of hydrogen-bond acceptors (Lipinski definition) is 3. The number of carbonyl (C=O) groups is 1. The van der Waals surface area contributed by atoms with Crippen molar-refractivity contribution in [2.75, 3.05) is 19.0 Å². The first-order valence-electron chi connectivity index (χ1n) is 6.39. The number of anilines is 1. The number of amides is 1. The smallest absolute Gasteiger partial charge is 0.231 e. The first-order chi connectivity index (χ1) is 9.61. The second-order valence-electron chi connectivity index (χ2n) is 4.87. The monoisotopic (exact) mass is 334 g/mol. The lowest BCUT2D eigenvalue weighted by molar-refractivity contribution is -0.117. The molecule has 1 aromatic carbocycles. The summed E-state index contributed by atoms with van der Waals surface area (Å²) in [6, 6.07) is 6.02. The molecule has 0 aliphatic carbocycles. The Morgan fingerprint density at radius 2 is 2.30 bits per heavy atom. The standard InChI is InChI=1S/C14H15BrN4O/c1-16-7-10-13(15)14(18-17-10)8-3-4-11-9(5-8)6-12(20)19(11)2/h3-5,16H,6-7H2,1-2H3,(H,17,18). The van der Waals surface area contributed by atoms with Crippen LogP contribution in [-0.4, -0.2) is 30.2 Å². The lowest BCUT2D eigenvalue weighted by Gasteiger charge is -2.10. The molecule has 3 rings (SSSR count). The molecule has 5 nitrogen and oxygen atoms in total. The third-order valence-corrected chi connectivity index (χ3v) is 4.41. The minimum atomic E-state index is 0.133. The third-order valence-electron chi connectivity index (χ3n) is 3.56. The van der Waals surface area contributed by atoms with Gasteiger partial charge in [0, 0.05) is 24.8 Å². The molecule has 0 fully saturated rings. The molecular weight excluding hydrogens is 320 g/mol. The molecule has 0 spiro atoms. The Hall–Kier alpha value is -1.66. The quantitative estimate of drug-likeness (QED) is 0.903. The van der Waals surface area contributed by atoms with Gasteiger partial charge in [-0.15, -0.1) is 0 Å². The lowest BCUT2D eigenvalue weighted by Crippen LogP contribution is -2.20. The van der Waals surface area contributed by atoms with Crippen molar-refractivity contribution in [2.45, 2.75) is 13.0 Å². The van der Waals surface area contributed by atoms with E-state index in [1.165, 1.54) is 0 Å². The Morgan fingerprint density at radius 1 is 1.50 bits per heavy atom. The van der Waals surface area contributed by atoms with Gasteiger partial charge in [-0.2, -0.15) is 5.10 Å². The fourth-order valence-corrected chi connectivity index (χ4v) is 3.01. The van der Waals surface area contributed by atoms with Gasteiger partial charge in [-0.05, 0) is 40.7 Å². The van der Waals surface area contributed by atoms with Gasteiger partial charge >= 0.3 is 0 Å². The van der Waals surface area contributed by atoms with Crippen molar-refractivity contribution < 1.29 is 4.79 Å². The van der Waals surface area contributed by atoms with Crippen molar-refractivity contribution >= 4 is 27.5 Å². The molecule has 1 aliphatic heterocycles. The summed E-state index contributed by atoms with van der Waals surface area (Å²) in [4.78, 5) is 13.4. The van der Waals surface area contributed by atoms with Crippen molar-refractivity contribution in [3.8, 4) is 11.3 Å². The zero-order chi connectivity index (χ0) is 14.3. The van der Waals surface area contributed by atoms with Gasteiger partial charge in [-0.3, -0.25) is 9.89 Å². The van der Waals surface area contributed by atoms with Crippen LogP contribution < -0.4 is 10.2 Å². The number of hydrogen-bond donors (Lipinski definition) is 2. The van der Waals surface area contributed by atoms with E-state index in [1.54, 1.807) is 4.90 Å². The number of H-pyrrole nitrogens is 1. The SMILES string of the molecule is CNCc1[nH]nc(-c2ccc3c(c2)CC(=O)N3C)c1Br. The summed E-state index contributed by atoms with van der Waals surface area (Å²) < 4.78 is 0.962. The van der Waals surface area contributed by atoms with Crippen molar-refractivity contribution in [1.82, 2.24) is 15.5 Å². The minimum absolute atomic E-state index is 0.133. The molecule has 0 saturated heterocycles. The molecule has 0 bridgehead atoms. The van der Waals surface area contributed by atoms with Crippen molar-refractivity contribution in [3.63, 3.8) is 0 Å². The Morgan fingerprint density at radius 3 is 3.05 bits per heavy atom. The maximum atomic E-state index is 11.7. The molecule has 104 valence electrons. The first kappa shape index (κ1) is 13.3. The highest BCUT2D eigenvalue weighted by Crippen LogP contribution is 2.34. The van der Waals surface area contributed by atoms with Gasteiger partial charge in [0.15, 0.2) is 0 Å². The van der Waals surface area contributed by atoms with E-state index < -0.39 is 0 Å². The highest BCUT2D eigenvalue weighted by molar-refractivity contribution is 9.10. The number of nitrogens with zero attached hydrogens (tertiary/aromatic N) is 2. The van der Waals surface area contributed by atoms with E-state index in [0.717, 1.165) is 39.2 Å². The summed E-state index contributed by atoms with van der Waals surface area (Å²) in [7, 11) is 3.70. The number of aromatic nitrogens is 2. The van der Waals surface area contributed by atoms with E-state index >= 15 is 0 Å². The molecule has 2 heterocycles. The second kappa shape index (κ2) is 5.03. The van der Waals surface area contributed by atoms with Crippen LogP contribution in [-0.2, 0) is 17.8 Å². The van der Waals surface area contributed by atoms with Gasteiger partial charge in [0.05, 0.1) is 16.6 Å². The van der Waals surface area contributed by atoms with Crippen LogP contribution in [0.3, 0.4) is 0 Å². The van der Waals surface area contributed by atoms with Crippen LogP contribution in [0.4, 0.5) is 5.69 Å². The van der Waals surface area contributed by atoms with Crippen LogP contribution in [0.25, 0.3) is 11.3 Å². The van der Waals surface area contributed by atoms with Gasteiger partial charge in [0.2, 0.25) is 5.91 Å². The summed E-state index contributed by atoms with van der Waals surface area (Å²) in [6.07, 6.45) is 0.463. The molecule has 2 N–H and O–H groups in total. The van der Waals surface area contributed by atoms with Gasteiger partial charge < -0.3 is 10.2 Å². The van der Waals surface area contributed by atoms with Crippen molar-refractivity contribution in [2.24, 2.45) is 0 Å². The molecule has 0 saturated carbocycles. The molecule has 20 heavy (non-hydrogen) atoms. The van der Waals surface area contributed by atoms with Crippen LogP contribution in [0.1, 0.15) is 11.3 Å². The van der Waals surface area contributed by atoms with Crippen LogP contribution in [0, 0.1) is 0 Å². The van der Waals surface area contributed by atoms with Crippen LogP contribution in [0.5, 0.6) is 0 Å². The molecule has 1 aromatic heterocycles. The number of carbonyl (C=O) groups excluding carboxylic acids is 1. The van der Waals surface area contributed by atoms with Gasteiger partial charge in [-0.1, -0.05) is 6.07 Å². The predicted octanol–water partition coefficient (Wildman–Crippen LogP) is 2.08. The number of nitrogens with one attached hydrogen (secondary N) is 2. The first-order valence-corrected chi connectivity index (χ1v) is 7.18. The molecule has 0 atom stereocenters. The molecule has 1 aliphatic rings. The Kier molecular flexibility index (Phi) is 3.35. The number of rotatable bonds is 3. The Labute approximate surface area is 125 Å². The van der Waals surface area contributed by atoms with Gasteiger partial charge in [0.25, 0.3) is 0 Å². The highest BCUT2D eigenvalue weighted by Gasteiger charge is 2.24. The fraction of sp³-hybridized carbons (Fsp3) is 0.286. The number of likely N-dealkylation sites (N-methyl/N-ethyl adjacent to an activating group) is 1. The maximum Gasteiger partial charge on any atom is 0.231 e. The highest BCUT2D eigenvalue weighted by atomic mass is 79.9. The van der Waals surface area contributed by atoms with Gasteiger partial charge in [0.1, 0.15) is 5.69 Å². The average molecular weight is 335 g/mol. The number of benzene rings is 1. The second-order valence-corrected chi connectivity index (χ2v) is 5.66. The molecule has 1 amide bonds. The predicted molar refractivity (Wildman–Crippen MR) is 81.6 cm³/mol. The summed E-state index contributed by atoms with van der Waals surface area (Å²) in [5, 5.41) is 10.5. The summed E-state index contributed by atoms with van der Waals surface area (Å²) in [6.45, 7) is 0.722. The molecular formula is C14H15BrN4O. The molecule has 2 aromatic rings. The van der Waals surface area contributed by atoms with Crippen LogP contribution >= 0.6 is 15.9 Å². The summed E-state index contributed by atoms with van der Waals surface area (Å²) in [5.74, 6) is 0.133. The zero-order valence-corrected chi connectivity index (χ0v) is 12.9. The maximum absolute atomic E-state index is 11.7. The summed E-state index contributed by atoms with van der Waals surface area (Å²) in [5.41, 5.74) is 4.94. The van der Waals surface area contributed by atoms with E-state index in [4.69, 9.17) is 0 Å². The number of aromatic amines is 1. The fourth-order valence-electron chi connectivity index (χ4n) is 2.47. The van der Waals surface area contributed by atoms with E-state index in [0.29, 0.717) is 6.42 Å². The van der Waals surface area contributed by atoms with E-state index in [9.17, 15) is 4.79 Å². The van der Waals surface area contributed by atoms with Crippen LogP contribution in [0.15, 0.2) is 22.7 Å². The molecule has 0 radical (unpaired) electrons. The molecule has 6 heteroatoms. The Balaban J connectivity index is 2.01. The third kappa shape index (κ3) is 2.05. The topological polar surface area (TPSA) is 61.0 Å². The zero-order valence-electron chi connectivity index (χ0n) is 11.3. The Bertz CT molecular complexity index is 680. The number of halogens is 1. The normalized spacial score (nSPS) is 13.9. The van der Waals surface area contributed by atoms with Crippen molar-refractivity contribution in [3.05, 3.63) is 33.9 Å². The molecule has 0 unspecified atom stereocenters. The minimum Gasteiger partial charge on any atom is -0.315 e. The number of fused-ring (bicyclic) bond motifs is 1.